The Kier molecular flexibility index (Phi) is 3.84. The van der Waals surface area contributed by atoms with Crippen LogP contribution in [0.25, 0.3) is 5.69 Å². The van der Waals surface area contributed by atoms with E-state index in [4.69, 9.17) is 0 Å². The Morgan fingerprint density at radius 3 is 2.76 bits per heavy atom. The number of halogens is 1. The molecule has 0 aliphatic carbocycles. The highest BCUT2D eigenvalue weighted by Crippen LogP contribution is 2.42. The average Bonchev–Trinajstić information content (AvgIpc) is 3.10. The molecule has 8 heteroatoms. The molecule has 3 aromatic rings. The lowest BCUT2D eigenvalue weighted by Crippen LogP contribution is -2.12. The van der Waals surface area contributed by atoms with Crippen molar-refractivity contribution in [2.75, 3.05) is 11.1 Å². The number of aryl methyl sites for hydroxylation is 1. The van der Waals surface area contributed by atoms with Crippen LogP contribution in [-0.4, -0.2) is 31.0 Å². The molecule has 1 unspecified atom stereocenters. The highest BCUT2D eigenvalue weighted by atomic mass is 32.2. The van der Waals surface area contributed by atoms with E-state index in [1.165, 1.54) is 23.9 Å². The fourth-order valence-corrected chi connectivity index (χ4v) is 4.11. The quantitative estimate of drug-likeness (QED) is 0.766. The van der Waals surface area contributed by atoms with E-state index in [1.807, 2.05) is 29.4 Å². The summed E-state index contributed by atoms with van der Waals surface area (Å²) in [5, 5.41) is 7.09. The highest BCUT2D eigenvalue weighted by molar-refractivity contribution is 8.00. The van der Waals surface area contributed by atoms with Crippen molar-refractivity contribution in [1.82, 2.24) is 19.3 Å². The van der Waals surface area contributed by atoms with Gasteiger partial charge in [0.1, 0.15) is 12.1 Å². The van der Waals surface area contributed by atoms with Gasteiger partial charge in [0.2, 0.25) is 5.91 Å². The summed E-state index contributed by atoms with van der Waals surface area (Å²) in [7, 11) is 1.89. The van der Waals surface area contributed by atoms with Gasteiger partial charge in [-0.25, -0.2) is 9.37 Å². The maximum absolute atomic E-state index is 13.3. The van der Waals surface area contributed by atoms with Crippen LogP contribution in [0.5, 0.6) is 0 Å². The summed E-state index contributed by atoms with van der Waals surface area (Å²) in [6, 6.07) is 6.21. The molecule has 0 fully saturated rings. The number of aromatic nitrogens is 4. The molecule has 1 amide bonds. The minimum absolute atomic E-state index is 0.0837. The number of hydrogen-bond acceptors (Lipinski definition) is 4. The second kappa shape index (κ2) is 6.03. The number of fused-ring (bicyclic) bond motifs is 1. The maximum atomic E-state index is 13.3. The van der Waals surface area contributed by atoms with Crippen molar-refractivity contribution in [2.45, 2.75) is 12.2 Å². The molecule has 0 saturated carbocycles. The van der Waals surface area contributed by atoms with Gasteiger partial charge in [-0.3, -0.25) is 14.0 Å². The molecule has 1 aliphatic rings. The SMILES string of the molecule is Cc1c(C2SCC(=O)Nc3ncn(-c4ccc(F)cc4)c32)cnn1C. The predicted octanol–water partition coefficient (Wildman–Crippen LogP) is 2.83. The third-order valence-corrected chi connectivity index (χ3v) is 5.59. The first-order valence-electron chi connectivity index (χ1n) is 7.77. The van der Waals surface area contributed by atoms with Gasteiger partial charge in [-0.2, -0.15) is 5.10 Å². The van der Waals surface area contributed by atoms with Gasteiger partial charge in [0.25, 0.3) is 0 Å². The van der Waals surface area contributed by atoms with Crippen molar-refractivity contribution >= 4 is 23.5 Å². The summed E-state index contributed by atoms with van der Waals surface area (Å²) < 4.78 is 17.0. The van der Waals surface area contributed by atoms with Gasteiger partial charge < -0.3 is 5.32 Å². The summed E-state index contributed by atoms with van der Waals surface area (Å²) in [5.41, 5.74) is 3.72. The minimum Gasteiger partial charge on any atom is -0.308 e. The van der Waals surface area contributed by atoms with Crippen LogP contribution < -0.4 is 5.32 Å². The van der Waals surface area contributed by atoms with Crippen LogP contribution in [0.4, 0.5) is 10.2 Å². The molecule has 4 rings (SSSR count). The number of rotatable bonds is 2. The molecule has 6 nitrogen and oxygen atoms in total. The smallest absolute Gasteiger partial charge is 0.235 e. The van der Waals surface area contributed by atoms with Gasteiger partial charge in [0.05, 0.1) is 22.9 Å². The molecule has 25 heavy (non-hydrogen) atoms. The van der Waals surface area contributed by atoms with E-state index in [2.05, 4.69) is 15.4 Å². The maximum Gasteiger partial charge on any atom is 0.235 e. The van der Waals surface area contributed by atoms with Crippen molar-refractivity contribution in [2.24, 2.45) is 7.05 Å². The standard InChI is InChI=1S/C17H16FN5OS/c1-10-13(7-20-22(10)2)16-15-17(21-14(24)8-25-16)19-9-23(15)12-5-3-11(18)4-6-12/h3-7,9,16H,8H2,1-2H3,(H,21,24). The summed E-state index contributed by atoms with van der Waals surface area (Å²) in [4.78, 5) is 16.4. The normalized spacial score (nSPS) is 17.1. The fourth-order valence-electron chi connectivity index (χ4n) is 2.93. The van der Waals surface area contributed by atoms with Crippen LogP contribution >= 0.6 is 11.8 Å². The second-order valence-electron chi connectivity index (χ2n) is 5.87. The number of nitrogens with one attached hydrogen (secondary N) is 1. The number of nitrogens with zero attached hydrogens (tertiary/aromatic N) is 4. The van der Waals surface area contributed by atoms with E-state index in [0.29, 0.717) is 11.6 Å². The number of thioether (sulfide) groups is 1. The zero-order valence-electron chi connectivity index (χ0n) is 13.7. The third-order valence-electron chi connectivity index (χ3n) is 4.35. The number of carbonyl (C=O) groups is 1. The van der Waals surface area contributed by atoms with E-state index in [9.17, 15) is 9.18 Å². The summed E-state index contributed by atoms with van der Waals surface area (Å²) in [6.07, 6.45) is 3.48. The number of amides is 1. The number of anilines is 1. The molecule has 1 aliphatic heterocycles. The number of carbonyl (C=O) groups excluding carboxylic acids is 1. The molecule has 0 saturated heterocycles. The van der Waals surface area contributed by atoms with E-state index in [0.717, 1.165) is 22.6 Å². The lowest BCUT2D eigenvalue weighted by atomic mass is 10.1. The molecule has 0 bridgehead atoms. The van der Waals surface area contributed by atoms with E-state index >= 15 is 0 Å². The van der Waals surface area contributed by atoms with E-state index in [1.54, 1.807) is 18.5 Å². The van der Waals surface area contributed by atoms with Gasteiger partial charge in [-0.05, 0) is 31.2 Å². The number of hydrogen-bond donors (Lipinski definition) is 1. The lowest BCUT2D eigenvalue weighted by Gasteiger charge is -2.17. The second-order valence-corrected chi connectivity index (χ2v) is 6.97. The van der Waals surface area contributed by atoms with Gasteiger partial charge in [0.15, 0.2) is 5.82 Å². The van der Waals surface area contributed by atoms with E-state index in [-0.39, 0.29) is 17.0 Å². The van der Waals surface area contributed by atoms with Crippen LogP contribution in [-0.2, 0) is 11.8 Å². The third kappa shape index (κ3) is 2.72. The van der Waals surface area contributed by atoms with Gasteiger partial charge in [-0.15, -0.1) is 11.8 Å². The van der Waals surface area contributed by atoms with Crippen LogP contribution in [0.2, 0.25) is 0 Å². The Morgan fingerprint density at radius 2 is 2.08 bits per heavy atom. The van der Waals surface area contributed by atoms with Crippen molar-refractivity contribution in [3.8, 4) is 5.69 Å². The van der Waals surface area contributed by atoms with Crippen molar-refractivity contribution in [3.63, 3.8) is 0 Å². The summed E-state index contributed by atoms with van der Waals surface area (Å²) in [5.74, 6) is 0.489. The van der Waals surface area contributed by atoms with Crippen LogP contribution in [0.1, 0.15) is 22.2 Å². The zero-order valence-corrected chi connectivity index (χ0v) is 14.5. The molecule has 1 N–H and O–H groups in total. The molecule has 0 radical (unpaired) electrons. The molecule has 0 spiro atoms. The van der Waals surface area contributed by atoms with Crippen LogP contribution in [0.3, 0.4) is 0 Å². The van der Waals surface area contributed by atoms with Gasteiger partial charge >= 0.3 is 0 Å². The lowest BCUT2D eigenvalue weighted by molar-refractivity contribution is -0.113. The Hall–Kier alpha value is -2.61. The fraction of sp³-hybridized carbons (Fsp3) is 0.235. The zero-order chi connectivity index (χ0) is 17.6. The predicted molar refractivity (Wildman–Crippen MR) is 94.4 cm³/mol. The number of benzene rings is 1. The first-order chi connectivity index (χ1) is 12.0. The van der Waals surface area contributed by atoms with Crippen molar-refractivity contribution in [1.29, 1.82) is 0 Å². The first-order valence-corrected chi connectivity index (χ1v) is 8.82. The monoisotopic (exact) mass is 357 g/mol. The molecule has 128 valence electrons. The molecular formula is C17H16FN5OS. The molecular weight excluding hydrogens is 341 g/mol. The largest absolute Gasteiger partial charge is 0.308 e. The van der Waals surface area contributed by atoms with Gasteiger partial charge in [0, 0.05) is 24.0 Å². The Labute approximate surface area is 148 Å². The highest BCUT2D eigenvalue weighted by Gasteiger charge is 2.31. The first kappa shape index (κ1) is 15.9. The van der Waals surface area contributed by atoms with Crippen LogP contribution in [0, 0.1) is 12.7 Å². The Morgan fingerprint density at radius 1 is 1.32 bits per heavy atom. The summed E-state index contributed by atoms with van der Waals surface area (Å²) >= 11 is 1.53. The topological polar surface area (TPSA) is 64.7 Å². The number of imidazole rings is 1. The molecule has 3 heterocycles. The van der Waals surface area contributed by atoms with Crippen LogP contribution in [0.15, 0.2) is 36.8 Å². The summed E-state index contributed by atoms with van der Waals surface area (Å²) in [6.45, 7) is 2.00. The van der Waals surface area contributed by atoms with Crippen molar-refractivity contribution in [3.05, 3.63) is 59.6 Å². The Balaban J connectivity index is 1.89. The Bertz CT molecular complexity index is 947. The molecule has 1 atom stereocenters. The van der Waals surface area contributed by atoms with E-state index < -0.39 is 0 Å². The van der Waals surface area contributed by atoms with Gasteiger partial charge in [-0.1, -0.05) is 0 Å². The molecule has 1 aromatic carbocycles. The average molecular weight is 357 g/mol. The van der Waals surface area contributed by atoms with Crippen molar-refractivity contribution < 1.29 is 9.18 Å². The molecule has 2 aromatic heterocycles. The minimum atomic E-state index is -0.294.